The van der Waals surface area contributed by atoms with Crippen LogP contribution in [0.1, 0.15) is 24.0 Å². The molecule has 1 atom stereocenters. The molecule has 22 heavy (non-hydrogen) atoms. The average molecular weight is 333 g/mol. The van der Waals surface area contributed by atoms with E-state index < -0.39 is 27.3 Å². The Labute approximate surface area is 126 Å². The van der Waals surface area contributed by atoms with E-state index in [4.69, 9.17) is 11.0 Å². The molecule has 120 valence electrons. The molecule has 0 spiro atoms. The molecule has 9 heteroatoms. The van der Waals surface area contributed by atoms with Gasteiger partial charge in [0.25, 0.3) is 0 Å². The third kappa shape index (κ3) is 3.76. The predicted octanol–water partition coefficient (Wildman–Crippen LogP) is 1.59. The molecular formula is C13H14F3N3O2S. The number of hydrogen-bond acceptors (Lipinski definition) is 4. The minimum Gasteiger partial charge on any atom is -0.326 e. The van der Waals surface area contributed by atoms with Crippen LogP contribution in [0.25, 0.3) is 0 Å². The van der Waals surface area contributed by atoms with Crippen LogP contribution in [-0.2, 0) is 16.2 Å². The number of rotatable bonds is 5. The van der Waals surface area contributed by atoms with Crippen LogP contribution in [0.2, 0.25) is 0 Å². The maximum atomic E-state index is 12.7. The SMILES string of the molecule is N#Cc1cc(S(=O)(=O)NCC(N)C2CC2)ccc1C(F)(F)F. The number of nitrogens with one attached hydrogen (secondary N) is 1. The Hall–Kier alpha value is -1.63. The van der Waals surface area contributed by atoms with Gasteiger partial charge in [0.05, 0.1) is 22.1 Å². The van der Waals surface area contributed by atoms with Gasteiger partial charge in [0, 0.05) is 12.6 Å². The van der Waals surface area contributed by atoms with Crippen LogP contribution in [0, 0.1) is 17.2 Å². The summed E-state index contributed by atoms with van der Waals surface area (Å²) in [7, 11) is -4.00. The van der Waals surface area contributed by atoms with E-state index in [1.54, 1.807) is 0 Å². The molecule has 1 saturated carbocycles. The highest BCUT2D eigenvalue weighted by Gasteiger charge is 2.34. The van der Waals surface area contributed by atoms with Crippen LogP contribution in [0.15, 0.2) is 23.1 Å². The van der Waals surface area contributed by atoms with Crippen LogP contribution in [-0.4, -0.2) is 21.0 Å². The molecule has 1 aliphatic rings. The minimum absolute atomic E-state index is 0.00983. The number of halogens is 3. The molecule has 1 fully saturated rings. The van der Waals surface area contributed by atoms with Crippen molar-refractivity contribution >= 4 is 10.0 Å². The van der Waals surface area contributed by atoms with Crippen LogP contribution in [0.4, 0.5) is 13.2 Å². The second-order valence-electron chi connectivity index (χ2n) is 5.17. The summed E-state index contributed by atoms with van der Waals surface area (Å²) in [6.07, 6.45) is -2.82. The summed E-state index contributed by atoms with van der Waals surface area (Å²) in [6, 6.07) is 3.19. The van der Waals surface area contributed by atoms with Gasteiger partial charge in [-0.05, 0) is 37.0 Å². The normalized spacial score (nSPS) is 17.0. The first-order chi connectivity index (χ1) is 10.1. The smallest absolute Gasteiger partial charge is 0.326 e. The van der Waals surface area contributed by atoms with Crippen molar-refractivity contribution in [3.63, 3.8) is 0 Å². The lowest BCUT2D eigenvalue weighted by molar-refractivity contribution is -0.137. The van der Waals surface area contributed by atoms with Gasteiger partial charge in [0.1, 0.15) is 0 Å². The molecule has 1 aromatic carbocycles. The topological polar surface area (TPSA) is 96.0 Å². The van der Waals surface area contributed by atoms with E-state index in [-0.39, 0.29) is 23.4 Å². The maximum absolute atomic E-state index is 12.7. The van der Waals surface area contributed by atoms with Crippen molar-refractivity contribution in [3.05, 3.63) is 29.3 Å². The molecule has 0 aromatic heterocycles. The Kier molecular flexibility index (Phi) is 4.47. The quantitative estimate of drug-likeness (QED) is 0.855. The predicted molar refractivity (Wildman–Crippen MR) is 72.0 cm³/mol. The van der Waals surface area contributed by atoms with Crippen molar-refractivity contribution in [2.75, 3.05) is 6.54 Å². The van der Waals surface area contributed by atoms with Gasteiger partial charge in [0.2, 0.25) is 10.0 Å². The zero-order valence-corrected chi connectivity index (χ0v) is 12.2. The molecule has 0 saturated heterocycles. The van der Waals surface area contributed by atoms with E-state index in [1.165, 1.54) is 6.07 Å². The number of nitriles is 1. The number of benzene rings is 1. The molecule has 5 nitrogen and oxygen atoms in total. The second kappa shape index (κ2) is 5.87. The monoisotopic (exact) mass is 333 g/mol. The molecule has 0 radical (unpaired) electrons. The Morgan fingerprint density at radius 3 is 2.55 bits per heavy atom. The number of alkyl halides is 3. The van der Waals surface area contributed by atoms with Crippen LogP contribution in [0.3, 0.4) is 0 Å². The van der Waals surface area contributed by atoms with Crippen LogP contribution < -0.4 is 10.5 Å². The highest BCUT2D eigenvalue weighted by molar-refractivity contribution is 7.89. The number of hydrogen-bond donors (Lipinski definition) is 2. The Bertz CT molecular complexity index is 706. The summed E-state index contributed by atoms with van der Waals surface area (Å²) in [5.74, 6) is 0.282. The van der Waals surface area contributed by atoms with E-state index in [2.05, 4.69) is 4.72 Å². The standard InChI is InChI=1S/C13H14F3N3O2S/c14-13(15,16)11-4-3-10(5-9(11)6-17)22(20,21)19-7-12(18)8-1-2-8/h3-5,8,12,19H,1-2,7,18H2. The molecule has 1 aliphatic carbocycles. The summed E-state index contributed by atoms with van der Waals surface area (Å²) in [4.78, 5) is -0.389. The molecule has 0 aliphatic heterocycles. The average Bonchev–Trinajstić information content (AvgIpc) is 3.27. The lowest BCUT2D eigenvalue weighted by atomic mass is 10.1. The van der Waals surface area contributed by atoms with Gasteiger partial charge >= 0.3 is 6.18 Å². The van der Waals surface area contributed by atoms with Crippen molar-refractivity contribution in [3.8, 4) is 6.07 Å². The first-order valence-electron chi connectivity index (χ1n) is 6.52. The molecule has 1 unspecified atom stereocenters. The van der Waals surface area contributed by atoms with Crippen molar-refractivity contribution in [1.82, 2.24) is 4.72 Å². The van der Waals surface area contributed by atoms with Crippen molar-refractivity contribution in [2.45, 2.75) is 30.0 Å². The zero-order valence-electron chi connectivity index (χ0n) is 11.4. The van der Waals surface area contributed by atoms with E-state index in [0.717, 1.165) is 18.9 Å². The van der Waals surface area contributed by atoms with Crippen molar-refractivity contribution < 1.29 is 21.6 Å². The van der Waals surface area contributed by atoms with E-state index >= 15 is 0 Å². The molecule has 2 rings (SSSR count). The van der Waals surface area contributed by atoms with E-state index in [1.807, 2.05) is 0 Å². The molecule has 0 amide bonds. The van der Waals surface area contributed by atoms with E-state index in [9.17, 15) is 21.6 Å². The first-order valence-corrected chi connectivity index (χ1v) is 8.00. The Morgan fingerprint density at radius 2 is 2.05 bits per heavy atom. The summed E-state index contributed by atoms with van der Waals surface area (Å²) >= 11 is 0. The fourth-order valence-electron chi connectivity index (χ4n) is 2.01. The number of nitrogens with two attached hydrogens (primary N) is 1. The van der Waals surface area contributed by atoms with Gasteiger partial charge in [-0.15, -0.1) is 0 Å². The molecule has 0 heterocycles. The Morgan fingerprint density at radius 1 is 1.41 bits per heavy atom. The van der Waals surface area contributed by atoms with Gasteiger partial charge in [-0.25, -0.2) is 13.1 Å². The molecular weight excluding hydrogens is 319 g/mol. The van der Waals surface area contributed by atoms with Gasteiger partial charge < -0.3 is 5.73 Å². The highest BCUT2D eigenvalue weighted by atomic mass is 32.2. The summed E-state index contributed by atoms with van der Waals surface area (Å²) in [6.45, 7) is 0.00983. The van der Waals surface area contributed by atoms with Gasteiger partial charge in [0.15, 0.2) is 0 Å². The minimum atomic E-state index is -4.71. The lowest BCUT2D eigenvalue weighted by Gasteiger charge is -2.13. The van der Waals surface area contributed by atoms with Gasteiger partial charge in [-0.3, -0.25) is 0 Å². The third-order valence-electron chi connectivity index (χ3n) is 3.46. The van der Waals surface area contributed by atoms with Crippen LogP contribution in [0.5, 0.6) is 0 Å². The van der Waals surface area contributed by atoms with Crippen LogP contribution >= 0.6 is 0 Å². The third-order valence-corrected chi connectivity index (χ3v) is 4.88. The zero-order chi connectivity index (χ0) is 16.5. The molecule has 1 aromatic rings. The molecule has 0 bridgehead atoms. The molecule has 3 N–H and O–H groups in total. The van der Waals surface area contributed by atoms with Crippen molar-refractivity contribution in [1.29, 1.82) is 5.26 Å². The first kappa shape index (κ1) is 16.7. The number of sulfonamides is 1. The summed E-state index contributed by atoms with van der Waals surface area (Å²) < 4.78 is 64.4. The fourth-order valence-corrected chi connectivity index (χ4v) is 3.11. The highest BCUT2D eigenvalue weighted by Crippen LogP contribution is 2.33. The fraction of sp³-hybridized carbons (Fsp3) is 0.462. The maximum Gasteiger partial charge on any atom is 0.417 e. The van der Waals surface area contributed by atoms with Gasteiger partial charge in [-0.2, -0.15) is 18.4 Å². The summed E-state index contributed by atoms with van der Waals surface area (Å²) in [5, 5.41) is 8.79. The van der Waals surface area contributed by atoms with Gasteiger partial charge in [-0.1, -0.05) is 0 Å². The van der Waals surface area contributed by atoms with E-state index in [0.29, 0.717) is 12.1 Å². The Balaban J connectivity index is 2.22. The second-order valence-corrected chi connectivity index (χ2v) is 6.94. The summed E-state index contributed by atoms with van der Waals surface area (Å²) in [5.41, 5.74) is 3.88. The lowest BCUT2D eigenvalue weighted by Crippen LogP contribution is -2.38. The van der Waals surface area contributed by atoms with Crippen molar-refractivity contribution in [2.24, 2.45) is 11.7 Å². The number of nitrogens with zero attached hydrogens (tertiary/aromatic N) is 1. The largest absolute Gasteiger partial charge is 0.417 e.